The molecule has 0 aliphatic carbocycles. The second-order valence-electron chi connectivity index (χ2n) is 5.54. The first kappa shape index (κ1) is 18.4. The van der Waals surface area contributed by atoms with Gasteiger partial charge in [-0.1, -0.05) is 51.3 Å². The molecule has 0 fully saturated rings. The Hall–Kier alpha value is -1.62. The number of carbonyl (C=O) groups excluding carboxylic acids is 1. The number of urea groups is 1. The van der Waals surface area contributed by atoms with Gasteiger partial charge in [-0.15, -0.1) is 0 Å². The smallest absolute Gasteiger partial charge is 0.314 e. The first-order valence-electron chi connectivity index (χ1n) is 8.02. The van der Waals surface area contributed by atoms with Crippen LogP contribution in [0.3, 0.4) is 0 Å². The van der Waals surface area contributed by atoms with Crippen LogP contribution in [0.4, 0.5) is 9.18 Å². The maximum atomic E-state index is 13.5. The van der Waals surface area contributed by atoms with E-state index in [1.54, 1.807) is 12.1 Å². The molecule has 1 rings (SSSR count). The highest BCUT2D eigenvalue weighted by Crippen LogP contribution is 2.15. The van der Waals surface area contributed by atoms with Gasteiger partial charge in [-0.2, -0.15) is 0 Å². The van der Waals surface area contributed by atoms with Crippen molar-refractivity contribution in [3.63, 3.8) is 0 Å². The van der Waals surface area contributed by atoms with Crippen LogP contribution in [0.1, 0.15) is 51.2 Å². The molecule has 2 amide bonds. The van der Waals surface area contributed by atoms with Crippen LogP contribution in [-0.4, -0.2) is 24.2 Å². The van der Waals surface area contributed by atoms with E-state index >= 15 is 0 Å². The summed E-state index contributed by atoms with van der Waals surface area (Å²) in [6, 6.07) is 5.69. The van der Waals surface area contributed by atoms with E-state index in [1.807, 2.05) is 0 Å². The van der Waals surface area contributed by atoms with Gasteiger partial charge < -0.3 is 15.7 Å². The van der Waals surface area contributed by atoms with Crippen molar-refractivity contribution in [1.29, 1.82) is 0 Å². The zero-order valence-electron chi connectivity index (χ0n) is 13.4. The molecule has 0 heterocycles. The van der Waals surface area contributed by atoms with E-state index in [1.165, 1.54) is 12.1 Å². The Kier molecular flexibility index (Phi) is 8.51. The Morgan fingerprint density at radius 2 is 1.91 bits per heavy atom. The standard InChI is InChI=1S/C17H27FN2O2/c1-3-5-8-13(4-2)11-19-17(22)20-12-16(21)14-9-6-7-10-15(14)18/h6-7,9-10,13,16,21H,3-5,8,11-12H2,1-2H3,(H2,19,20,22). The maximum Gasteiger partial charge on any atom is 0.314 e. The number of aliphatic hydroxyl groups excluding tert-OH is 1. The minimum Gasteiger partial charge on any atom is -0.386 e. The number of unbranched alkanes of at least 4 members (excludes halogenated alkanes) is 1. The molecule has 0 radical (unpaired) electrons. The molecular formula is C17H27FN2O2. The molecule has 0 aliphatic rings. The molecule has 5 heteroatoms. The molecule has 0 spiro atoms. The Morgan fingerprint density at radius 3 is 2.55 bits per heavy atom. The van der Waals surface area contributed by atoms with Crippen LogP contribution >= 0.6 is 0 Å². The van der Waals surface area contributed by atoms with Gasteiger partial charge in [-0.25, -0.2) is 9.18 Å². The molecule has 1 aromatic carbocycles. The third kappa shape index (κ3) is 6.43. The van der Waals surface area contributed by atoms with Crippen molar-refractivity contribution < 1.29 is 14.3 Å². The minimum absolute atomic E-state index is 0.0154. The zero-order chi connectivity index (χ0) is 16.4. The van der Waals surface area contributed by atoms with Crippen molar-refractivity contribution in [3.05, 3.63) is 35.6 Å². The van der Waals surface area contributed by atoms with Gasteiger partial charge in [0.1, 0.15) is 5.82 Å². The number of amides is 2. The highest BCUT2D eigenvalue weighted by molar-refractivity contribution is 5.73. The predicted octanol–water partition coefficient (Wildman–Crippen LogP) is 3.37. The van der Waals surface area contributed by atoms with Crippen molar-refractivity contribution in [2.75, 3.05) is 13.1 Å². The average Bonchev–Trinajstić information content (AvgIpc) is 2.53. The molecule has 4 nitrogen and oxygen atoms in total. The van der Waals surface area contributed by atoms with Gasteiger partial charge in [-0.05, 0) is 18.4 Å². The second kappa shape index (κ2) is 10.2. The summed E-state index contributed by atoms with van der Waals surface area (Å²) in [5.41, 5.74) is 0.192. The predicted molar refractivity (Wildman–Crippen MR) is 86.1 cm³/mol. The number of hydrogen-bond donors (Lipinski definition) is 3. The number of benzene rings is 1. The van der Waals surface area contributed by atoms with Gasteiger partial charge in [0.2, 0.25) is 0 Å². The summed E-state index contributed by atoms with van der Waals surface area (Å²) in [7, 11) is 0. The van der Waals surface area contributed by atoms with Gasteiger partial charge in [0, 0.05) is 18.7 Å². The van der Waals surface area contributed by atoms with Crippen LogP contribution in [0, 0.1) is 11.7 Å². The van der Waals surface area contributed by atoms with Gasteiger partial charge >= 0.3 is 6.03 Å². The maximum absolute atomic E-state index is 13.5. The fraction of sp³-hybridized carbons (Fsp3) is 0.588. The Balaban J connectivity index is 2.32. The molecule has 0 aliphatic heterocycles. The molecule has 3 N–H and O–H groups in total. The summed E-state index contributed by atoms with van der Waals surface area (Å²) >= 11 is 0. The molecule has 2 unspecified atom stereocenters. The molecule has 0 bridgehead atoms. The average molecular weight is 310 g/mol. The van der Waals surface area contributed by atoms with Crippen LogP contribution in [0.15, 0.2) is 24.3 Å². The Labute approximate surface area is 132 Å². The number of halogens is 1. The summed E-state index contributed by atoms with van der Waals surface area (Å²) in [6.45, 7) is 4.87. The quantitative estimate of drug-likeness (QED) is 0.655. The highest BCUT2D eigenvalue weighted by Gasteiger charge is 2.14. The van der Waals surface area contributed by atoms with Crippen LogP contribution in [-0.2, 0) is 0 Å². The van der Waals surface area contributed by atoms with E-state index < -0.39 is 11.9 Å². The topological polar surface area (TPSA) is 61.4 Å². The summed E-state index contributed by atoms with van der Waals surface area (Å²) < 4.78 is 13.5. The first-order valence-corrected chi connectivity index (χ1v) is 8.02. The molecule has 0 aromatic heterocycles. The summed E-state index contributed by atoms with van der Waals surface area (Å²) in [6.07, 6.45) is 3.39. The second-order valence-corrected chi connectivity index (χ2v) is 5.54. The van der Waals surface area contributed by atoms with E-state index in [9.17, 15) is 14.3 Å². The Bertz CT molecular complexity index is 454. The molecule has 0 saturated heterocycles. The van der Waals surface area contributed by atoms with Gasteiger partial charge in [0.15, 0.2) is 0 Å². The van der Waals surface area contributed by atoms with E-state index in [0.717, 1.165) is 25.7 Å². The van der Waals surface area contributed by atoms with Crippen molar-refractivity contribution in [2.45, 2.75) is 45.6 Å². The Morgan fingerprint density at radius 1 is 1.23 bits per heavy atom. The number of aliphatic hydroxyl groups is 1. The fourth-order valence-corrected chi connectivity index (χ4v) is 2.29. The van der Waals surface area contributed by atoms with E-state index in [4.69, 9.17) is 0 Å². The number of rotatable bonds is 9. The molecule has 124 valence electrons. The lowest BCUT2D eigenvalue weighted by Crippen LogP contribution is -2.40. The van der Waals surface area contributed by atoms with Crippen LogP contribution in [0.5, 0.6) is 0 Å². The molecule has 2 atom stereocenters. The van der Waals surface area contributed by atoms with Gasteiger partial charge in [0.05, 0.1) is 6.10 Å². The van der Waals surface area contributed by atoms with Crippen LogP contribution < -0.4 is 10.6 Å². The van der Waals surface area contributed by atoms with E-state index in [-0.39, 0.29) is 18.1 Å². The summed E-state index contributed by atoms with van der Waals surface area (Å²) in [4.78, 5) is 11.7. The lowest BCUT2D eigenvalue weighted by atomic mass is 9.99. The normalized spacial score (nSPS) is 13.5. The van der Waals surface area contributed by atoms with Crippen LogP contribution in [0.25, 0.3) is 0 Å². The van der Waals surface area contributed by atoms with Crippen molar-refractivity contribution in [2.24, 2.45) is 5.92 Å². The monoisotopic (exact) mass is 310 g/mol. The third-order valence-corrected chi connectivity index (χ3v) is 3.81. The minimum atomic E-state index is -1.05. The lowest BCUT2D eigenvalue weighted by molar-refractivity contribution is 0.168. The van der Waals surface area contributed by atoms with Gasteiger partial charge in [-0.3, -0.25) is 0 Å². The van der Waals surface area contributed by atoms with E-state index in [0.29, 0.717) is 12.5 Å². The van der Waals surface area contributed by atoms with Crippen LogP contribution in [0.2, 0.25) is 0 Å². The summed E-state index contributed by atoms with van der Waals surface area (Å²) in [5.74, 6) is 0.00464. The molecule has 1 aromatic rings. The molecule has 0 saturated carbocycles. The SMILES string of the molecule is CCCCC(CC)CNC(=O)NCC(O)c1ccccc1F. The number of nitrogens with one attached hydrogen (secondary N) is 2. The van der Waals surface area contributed by atoms with Crippen molar-refractivity contribution in [1.82, 2.24) is 10.6 Å². The largest absolute Gasteiger partial charge is 0.386 e. The fourth-order valence-electron chi connectivity index (χ4n) is 2.29. The van der Waals surface area contributed by atoms with E-state index in [2.05, 4.69) is 24.5 Å². The first-order chi connectivity index (χ1) is 10.6. The van der Waals surface area contributed by atoms with Crippen molar-refractivity contribution in [3.8, 4) is 0 Å². The lowest BCUT2D eigenvalue weighted by Gasteiger charge is -2.17. The molecular weight excluding hydrogens is 283 g/mol. The summed E-state index contributed by atoms with van der Waals surface area (Å²) in [5, 5.41) is 15.3. The zero-order valence-corrected chi connectivity index (χ0v) is 13.4. The number of hydrogen-bond acceptors (Lipinski definition) is 2. The molecule has 22 heavy (non-hydrogen) atoms. The highest BCUT2D eigenvalue weighted by atomic mass is 19.1. The number of carbonyl (C=O) groups is 1. The van der Waals surface area contributed by atoms with Gasteiger partial charge in [0.25, 0.3) is 0 Å². The van der Waals surface area contributed by atoms with Crippen molar-refractivity contribution >= 4 is 6.03 Å². The third-order valence-electron chi connectivity index (χ3n) is 3.81.